The molecule has 0 aliphatic rings. The number of ether oxygens (including phenoxy) is 1. The maximum Gasteiger partial charge on any atom is 0.212 e. The molecule has 1 aromatic heterocycles. The highest BCUT2D eigenvalue weighted by Gasteiger charge is 2.26. The number of sulfone groups is 1. The number of hydrogen-bond donors (Lipinski definition) is 2. The van der Waals surface area contributed by atoms with Gasteiger partial charge >= 0.3 is 0 Å². The van der Waals surface area contributed by atoms with Crippen LogP contribution in [0.1, 0.15) is 11.3 Å². The van der Waals surface area contributed by atoms with Crippen molar-refractivity contribution in [3.05, 3.63) is 35.5 Å². The Labute approximate surface area is 123 Å². The van der Waals surface area contributed by atoms with Gasteiger partial charge in [0.2, 0.25) is 9.84 Å². The molecule has 110 valence electrons. The average molecular weight is 318 g/mol. The minimum Gasteiger partial charge on any atom is -0.381 e. The zero-order valence-corrected chi connectivity index (χ0v) is 12.7. The number of nitrogens with zero attached hydrogens (tertiary/aromatic N) is 1. The van der Waals surface area contributed by atoms with Gasteiger partial charge in [-0.1, -0.05) is 17.7 Å². The van der Waals surface area contributed by atoms with Crippen molar-refractivity contribution in [2.24, 2.45) is 0 Å². The Morgan fingerprint density at radius 1 is 1.30 bits per heavy atom. The van der Waals surface area contributed by atoms with Crippen LogP contribution in [-0.2, 0) is 21.2 Å². The number of nitrogens with one attached hydrogen (secondary N) is 1. The first-order valence-electron chi connectivity index (χ1n) is 5.60. The summed E-state index contributed by atoms with van der Waals surface area (Å²) in [6.07, 6.45) is 0. The van der Waals surface area contributed by atoms with Gasteiger partial charge in [0.15, 0.2) is 5.82 Å². The van der Waals surface area contributed by atoms with Gasteiger partial charge in [0.1, 0.15) is 4.90 Å². The lowest BCUT2D eigenvalue weighted by atomic mass is 10.2. The first kappa shape index (κ1) is 16.5. The van der Waals surface area contributed by atoms with Gasteiger partial charge in [-0.25, -0.2) is 8.42 Å². The van der Waals surface area contributed by atoms with E-state index in [0.717, 1.165) is 5.56 Å². The average Bonchev–Trinajstić information content (AvgIpc) is 2.72. The molecule has 8 heteroatoms. The lowest BCUT2D eigenvalue weighted by Crippen LogP contribution is -2.07. The fourth-order valence-electron chi connectivity index (χ4n) is 1.76. The van der Waals surface area contributed by atoms with Crippen LogP contribution in [0.15, 0.2) is 34.1 Å². The van der Waals surface area contributed by atoms with Crippen LogP contribution in [0.25, 0.3) is 0 Å². The van der Waals surface area contributed by atoms with E-state index in [1.807, 2.05) is 6.92 Å². The number of aromatic nitrogens is 2. The maximum absolute atomic E-state index is 12.5. The Balaban J connectivity index is 0.00000200. The van der Waals surface area contributed by atoms with Gasteiger partial charge in [-0.05, 0) is 19.1 Å². The fourth-order valence-corrected chi connectivity index (χ4v) is 3.24. The van der Waals surface area contributed by atoms with Gasteiger partial charge in [-0.3, -0.25) is 5.10 Å². The number of aromatic amines is 1. The van der Waals surface area contributed by atoms with Crippen LogP contribution < -0.4 is 5.73 Å². The molecule has 1 aromatic carbocycles. The predicted molar refractivity (Wildman–Crippen MR) is 77.6 cm³/mol. The van der Waals surface area contributed by atoms with Crippen molar-refractivity contribution >= 4 is 28.1 Å². The molecule has 0 unspecified atom stereocenters. The third-order valence-electron chi connectivity index (χ3n) is 2.71. The van der Waals surface area contributed by atoms with Crippen LogP contribution >= 0.6 is 12.4 Å². The number of anilines is 1. The number of rotatable bonds is 4. The monoisotopic (exact) mass is 317 g/mol. The van der Waals surface area contributed by atoms with E-state index in [-0.39, 0.29) is 34.6 Å². The smallest absolute Gasteiger partial charge is 0.212 e. The van der Waals surface area contributed by atoms with E-state index in [9.17, 15) is 8.42 Å². The predicted octanol–water partition coefficient (Wildman–Crippen LogP) is 1.70. The Morgan fingerprint density at radius 3 is 2.45 bits per heavy atom. The van der Waals surface area contributed by atoms with Crippen LogP contribution in [0.4, 0.5) is 5.82 Å². The van der Waals surface area contributed by atoms with Crippen molar-refractivity contribution in [2.75, 3.05) is 12.8 Å². The summed E-state index contributed by atoms with van der Waals surface area (Å²) >= 11 is 0. The van der Waals surface area contributed by atoms with Crippen molar-refractivity contribution in [2.45, 2.75) is 23.3 Å². The van der Waals surface area contributed by atoms with Crippen molar-refractivity contribution < 1.29 is 13.2 Å². The number of benzene rings is 1. The maximum atomic E-state index is 12.5. The van der Waals surface area contributed by atoms with Crippen LogP contribution in [-0.4, -0.2) is 25.7 Å². The quantitative estimate of drug-likeness (QED) is 0.894. The second-order valence-corrected chi connectivity index (χ2v) is 6.05. The van der Waals surface area contributed by atoms with E-state index in [2.05, 4.69) is 10.2 Å². The molecular formula is C12H16ClN3O3S. The largest absolute Gasteiger partial charge is 0.381 e. The number of aryl methyl sites for hydroxylation is 1. The fraction of sp³-hybridized carbons (Fsp3) is 0.250. The molecule has 2 aromatic rings. The summed E-state index contributed by atoms with van der Waals surface area (Å²) in [6.45, 7) is 1.99. The van der Waals surface area contributed by atoms with Crippen molar-refractivity contribution in [3.63, 3.8) is 0 Å². The third kappa shape index (κ3) is 2.95. The summed E-state index contributed by atoms with van der Waals surface area (Å²) in [5.74, 6) is -0.0485. The van der Waals surface area contributed by atoms with Gasteiger partial charge in [0.25, 0.3) is 0 Å². The highest BCUT2D eigenvalue weighted by molar-refractivity contribution is 7.91. The SMILES string of the molecule is COCc1[nH]nc(N)c1S(=O)(=O)c1ccc(C)cc1.Cl. The van der Waals surface area contributed by atoms with Crippen molar-refractivity contribution in [3.8, 4) is 0 Å². The van der Waals surface area contributed by atoms with Gasteiger partial charge in [0, 0.05) is 7.11 Å². The number of nitrogens with two attached hydrogens (primary N) is 1. The number of H-pyrrole nitrogens is 1. The Hall–Kier alpha value is -1.57. The molecule has 0 fully saturated rings. The first-order chi connectivity index (χ1) is 8.96. The summed E-state index contributed by atoms with van der Waals surface area (Å²) in [7, 11) is -2.22. The van der Waals surface area contributed by atoms with Crippen LogP contribution in [0.2, 0.25) is 0 Å². The van der Waals surface area contributed by atoms with E-state index < -0.39 is 9.84 Å². The normalized spacial score (nSPS) is 11.1. The molecule has 2 rings (SSSR count). The van der Waals surface area contributed by atoms with Gasteiger partial charge in [-0.2, -0.15) is 5.10 Å². The lowest BCUT2D eigenvalue weighted by molar-refractivity contribution is 0.179. The Kier molecular flexibility index (Phi) is 5.15. The number of methoxy groups -OCH3 is 1. The molecule has 0 saturated carbocycles. The van der Waals surface area contributed by atoms with Crippen LogP contribution in [0.5, 0.6) is 0 Å². The van der Waals surface area contributed by atoms with Crippen molar-refractivity contribution in [1.82, 2.24) is 10.2 Å². The van der Waals surface area contributed by atoms with Gasteiger partial charge in [-0.15, -0.1) is 12.4 Å². The lowest BCUT2D eigenvalue weighted by Gasteiger charge is -2.06. The van der Waals surface area contributed by atoms with Crippen LogP contribution in [0.3, 0.4) is 0 Å². The minimum atomic E-state index is -3.69. The van der Waals surface area contributed by atoms with E-state index in [4.69, 9.17) is 10.5 Å². The summed E-state index contributed by atoms with van der Waals surface area (Å²) in [5, 5.41) is 6.32. The molecule has 0 spiro atoms. The minimum absolute atomic E-state index is 0. The number of hydrogen-bond acceptors (Lipinski definition) is 5. The van der Waals surface area contributed by atoms with Gasteiger partial charge in [0.05, 0.1) is 17.2 Å². The summed E-state index contributed by atoms with van der Waals surface area (Å²) in [6, 6.07) is 6.57. The summed E-state index contributed by atoms with van der Waals surface area (Å²) < 4.78 is 30.0. The van der Waals surface area contributed by atoms with E-state index in [0.29, 0.717) is 5.69 Å². The highest BCUT2D eigenvalue weighted by atomic mass is 35.5. The summed E-state index contributed by atoms with van der Waals surface area (Å²) in [5.41, 5.74) is 6.98. The number of nitrogen functional groups attached to an aromatic ring is 1. The Morgan fingerprint density at radius 2 is 1.90 bits per heavy atom. The van der Waals surface area contributed by atoms with E-state index in [1.165, 1.54) is 7.11 Å². The zero-order valence-electron chi connectivity index (χ0n) is 11.1. The van der Waals surface area contributed by atoms with E-state index >= 15 is 0 Å². The number of halogens is 1. The standard InChI is InChI=1S/C12H15N3O3S.ClH/c1-8-3-5-9(6-4-8)19(16,17)11-10(7-18-2)14-15-12(11)13;/h3-6H,7H2,1-2H3,(H3,13,14,15);1H. The molecule has 0 saturated heterocycles. The molecule has 3 N–H and O–H groups in total. The molecule has 0 amide bonds. The van der Waals surface area contributed by atoms with Gasteiger partial charge < -0.3 is 10.5 Å². The van der Waals surface area contributed by atoms with Crippen molar-refractivity contribution in [1.29, 1.82) is 0 Å². The van der Waals surface area contributed by atoms with E-state index in [1.54, 1.807) is 24.3 Å². The second kappa shape index (κ2) is 6.25. The van der Waals surface area contributed by atoms with Crippen LogP contribution in [0, 0.1) is 6.92 Å². The summed E-state index contributed by atoms with van der Waals surface area (Å²) in [4.78, 5) is 0.168. The Bertz CT molecular complexity index is 680. The molecule has 20 heavy (non-hydrogen) atoms. The second-order valence-electron chi connectivity index (χ2n) is 4.17. The third-order valence-corrected chi connectivity index (χ3v) is 4.59. The molecule has 0 atom stereocenters. The molecule has 0 bridgehead atoms. The molecule has 6 nitrogen and oxygen atoms in total. The topological polar surface area (TPSA) is 98.1 Å². The molecular weight excluding hydrogens is 302 g/mol. The molecule has 1 heterocycles. The first-order valence-corrected chi connectivity index (χ1v) is 7.08. The molecule has 0 aliphatic carbocycles. The highest BCUT2D eigenvalue weighted by Crippen LogP contribution is 2.28. The molecule has 0 radical (unpaired) electrons. The molecule has 0 aliphatic heterocycles. The zero-order chi connectivity index (χ0) is 14.0.